The number of nitrogens with one attached hydrogen (secondary N) is 1. The molecule has 0 aliphatic rings. The van der Waals surface area contributed by atoms with Gasteiger partial charge in [-0.1, -0.05) is 35.3 Å². The predicted molar refractivity (Wildman–Crippen MR) is 79.5 cm³/mol. The number of carbonyl (C=O) groups is 2. The van der Waals surface area contributed by atoms with Crippen molar-refractivity contribution >= 4 is 40.8 Å². The average Bonchev–Trinajstić information content (AvgIpc) is 2.40. The number of phenols is 1. The van der Waals surface area contributed by atoms with E-state index in [4.69, 9.17) is 28.3 Å². The Hall–Kier alpha value is -2.24. The van der Waals surface area contributed by atoms with Gasteiger partial charge in [0.2, 0.25) is 0 Å². The fourth-order valence-corrected chi connectivity index (χ4v) is 2.29. The van der Waals surface area contributed by atoms with E-state index in [1.165, 1.54) is 30.3 Å². The van der Waals surface area contributed by atoms with Gasteiger partial charge in [-0.2, -0.15) is 0 Å². The highest BCUT2D eigenvalue weighted by Crippen LogP contribution is 2.30. The molecule has 1 amide bonds. The molecule has 108 valence electrons. The van der Waals surface area contributed by atoms with Gasteiger partial charge >= 0.3 is 5.97 Å². The summed E-state index contributed by atoms with van der Waals surface area (Å²) in [4.78, 5) is 23.1. The van der Waals surface area contributed by atoms with E-state index < -0.39 is 17.6 Å². The lowest BCUT2D eigenvalue weighted by atomic mass is 10.1. The molecule has 7 heteroatoms. The van der Waals surface area contributed by atoms with Gasteiger partial charge < -0.3 is 15.5 Å². The summed E-state index contributed by atoms with van der Waals surface area (Å²) in [6.07, 6.45) is 0. The Morgan fingerprint density at radius 3 is 2.14 bits per heavy atom. The molecule has 0 atom stereocenters. The summed E-state index contributed by atoms with van der Waals surface area (Å²) in [5.74, 6) is -2.50. The van der Waals surface area contributed by atoms with Crippen molar-refractivity contribution in [3.63, 3.8) is 0 Å². The molecule has 3 N–H and O–H groups in total. The van der Waals surface area contributed by atoms with Crippen LogP contribution in [0.1, 0.15) is 20.7 Å². The molecule has 2 aromatic rings. The number of amides is 1. The summed E-state index contributed by atoms with van der Waals surface area (Å²) in [5, 5.41) is 21.4. The zero-order chi connectivity index (χ0) is 15.6. The molecular weight excluding hydrogens is 317 g/mol. The Kier molecular flexibility index (Phi) is 4.35. The first kappa shape index (κ1) is 15.2. The van der Waals surface area contributed by atoms with Crippen LogP contribution in [-0.4, -0.2) is 22.1 Å². The van der Waals surface area contributed by atoms with E-state index in [0.29, 0.717) is 0 Å². The Labute approximate surface area is 129 Å². The fourth-order valence-electron chi connectivity index (χ4n) is 1.72. The van der Waals surface area contributed by atoms with Crippen LogP contribution in [0, 0.1) is 0 Å². The Morgan fingerprint density at radius 2 is 1.57 bits per heavy atom. The van der Waals surface area contributed by atoms with Crippen LogP contribution in [0.4, 0.5) is 5.69 Å². The van der Waals surface area contributed by atoms with Crippen LogP contribution in [0.3, 0.4) is 0 Å². The van der Waals surface area contributed by atoms with Crippen LogP contribution < -0.4 is 5.32 Å². The molecule has 21 heavy (non-hydrogen) atoms. The second-order valence-corrected chi connectivity index (χ2v) is 4.87. The molecule has 0 aliphatic heterocycles. The topological polar surface area (TPSA) is 86.6 Å². The summed E-state index contributed by atoms with van der Waals surface area (Å²) < 4.78 is 0. The van der Waals surface area contributed by atoms with E-state index in [2.05, 4.69) is 5.32 Å². The third-order valence-electron chi connectivity index (χ3n) is 2.70. The lowest BCUT2D eigenvalue weighted by Gasteiger charge is -2.11. The maximum Gasteiger partial charge on any atom is 0.339 e. The van der Waals surface area contributed by atoms with Gasteiger partial charge in [-0.25, -0.2) is 4.79 Å². The number of rotatable bonds is 3. The van der Waals surface area contributed by atoms with Gasteiger partial charge in [0.15, 0.2) is 5.75 Å². The molecular formula is C14H9Cl2NO4. The van der Waals surface area contributed by atoms with Gasteiger partial charge in [0.25, 0.3) is 5.91 Å². The molecule has 0 saturated heterocycles. The Morgan fingerprint density at radius 1 is 1.00 bits per heavy atom. The Balaban J connectivity index is 2.37. The van der Waals surface area contributed by atoms with Crippen molar-refractivity contribution in [1.29, 1.82) is 0 Å². The summed E-state index contributed by atoms with van der Waals surface area (Å²) in [6, 6.07) is 8.56. The number of benzene rings is 2. The number of carboxylic acids is 1. The highest BCUT2D eigenvalue weighted by Gasteiger charge is 2.18. The van der Waals surface area contributed by atoms with Crippen LogP contribution in [0.25, 0.3) is 0 Å². The van der Waals surface area contributed by atoms with Crippen molar-refractivity contribution in [3.05, 3.63) is 57.6 Å². The summed E-state index contributed by atoms with van der Waals surface area (Å²) in [5.41, 5.74) is -0.324. The second-order valence-electron chi connectivity index (χ2n) is 4.06. The SMILES string of the molecule is O=C(O)c1cccc(NC(=O)c2c(Cl)cccc2Cl)c1O. The number of halogens is 2. The molecule has 0 aliphatic carbocycles. The van der Waals surface area contributed by atoms with Crippen LogP contribution in [0.5, 0.6) is 5.75 Å². The van der Waals surface area contributed by atoms with Gasteiger partial charge in [-0.15, -0.1) is 0 Å². The average molecular weight is 326 g/mol. The first-order chi connectivity index (χ1) is 9.91. The number of anilines is 1. The summed E-state index contributed by atoms with van der Waals surface area (Å²) in [6.45, 7) is 0. The van der Waals surface area contributed by atoms with Gasteiger partial charge in [-0.05, 0) is 24.3 Å². The Bertz CT molecular complexity index is 711. The van der Waals surface area contributed by atoms with Crippen LogP contribution >= 0.6 is 23.2 Å². The maximum atomic E-state index is 12.2. The largest absolute Gasteiger partial charge is 0.505 e. The number of aromatic hydroxyl groups is 1. The first-order valence-corrected chi connectivity index (χ1v) is 6.48. The third-order valence-corrected chi connectivity index (χ3v) is 3.33. The minimum Gasteiger partial charge on any atom is -0.505 e. The van der Waals surface area contributed by atoms with Crippen LogP contribution in [0.2, 0.25) is 10.0 Å². The zero-order valence-corrected chi connectivity index (χ0v) is 11.9. The van der Waals surface area contributed by atoms with Crippen molar-refractivity contribution in [2.24, 2.45) is 0 Å². The van der Waals surface area contributed by atoms with Crippen molar-refractivity contribution in [1.82, 2.24) is 0 Å². The van der Waals surface area contributed by atoms with Gasteiger partial charge in [0, 0.05) is 0 Å². The summed E-state index contributed by atoms with van der Waals surface area (Å²) in [7, 11) is 0. The van der Waals surface area contributed by atoms with E-state index in [-0.39, 0.29) is 26.9 Å². The van der Waals surface area contributed by atoms with Crippen molar-refractivity contribution in [2.75, 3.05) is 5.32 Å². The number of hydrogen-bond donors (Lipinski definition) is 3. The third kappa shape index (κ3) is 3.09. The molecule has 0 fully saturated rings. The maximum absolute atomic E-state index is 12.2. The van der Waals surface area contributed by atoms with E-state index in [1.54, 1.807) is 6.07 Å². The second kappa shape index (κ2) is 6.03. The normalized spacial score (nSPS) is 10.2. The molecule has 2 aromatic carbocycles. The van der Waals surface area contributed by atoms with E-state index in [1.807, 2.05) is 0 Å². The van der Waals surface area contributed by atoms with Gasteiger partial charge in [0.05, 0.1) is 21.3 Å². The van der Waals surface area contributed by atoms with Crippen molar-refractivity contribution < 1.29 is 19.8 Å². The highest BCUT2D eigenvalue weighted by atomic mass is 35.5. The molecule has 0 radical (unpaired) electrons. The van der Waals surface area contributed by atoms with Crippen molar-refractivity contribution in [3.8, 4) is 5.75 Å². The fraction of sp³-hybridized carbons (Fsp3) is 0. The standard InChI is InChI=1S/C14H9Cl2NO4/c15-8-4-2-5-9(16)11(8)13(19)17-10-6-1-3-7(12(10)18)14(20)21/h1-6,18H,(H,17,19)(H,20,21). The minimum atomic E-state index is -1.31. The molecule has 0 saturated carbocycles. The quantitative estimate of drug-likeness (QED) is 0.752. The van der Waals surface area contributed by atoms with Crippen LogP contribution in [0.15, 0.2) is 36.4 Å². The van der Waals surface area contributed by atoms with E-state index in [0.717, 1.165) is 0 Å². The highest BCUT2D eigenvalue weighted by molar-refractivity contribution is 6.40. The predicted octanol–water partition coefficient (Wildman–Crippen LogP) is 3.65. The molecule has 0 heterocycles. The molecule has 0 unspecified atom stereocenters. The number of carbonyl (C=O) groups excluding carboxylic acids is 1. The molecule has 0 spiro atoms. The molecule has 0 bridgehead atoms. The first-order valence-electron chi connectivity index (χ1n) is 5.72. The lowest BCUT2D eigenvalue weighted by Crippen LogP contribution is -2.14. The lowest BCUT2D eigenvalue weighted by molar-refractivity contribution is 0.0693. The molecule has 0 aromatic heterocycles. The zero-order valence-electron chi connectivity index (χ0n) is 10.4. The number of para-hydroxylation sites is 1. The smallest absolute Gasteiger partial charge is 0.339 e. The van der Waals surface area contributed by atoms with E-state index >= 15 is 0 Å². The van der Waals surface area contributed by atoms with Crippen LogP contribution in [-0.2, 0) is 0 Å². The minimum absolute atomic E-state index is 0.0426. The van der Waals surface area contributed by atoms with Gasteiger partial charge in [0.1, 0.15) is 5.56 Å². The van der Waals surface area contributed by atoms with Gasteiger partial charge in [-0.3, -0.25) is 4.79 Å². The number of carboxylic acid groups (broad SMARTS) is 1. The van der Waals surface area contributed by atoms with E-state index in [9.17, 15) is 14.7 Å². The summed E-state index contributed by atoms with van der Waals surface area (Å²) >= 11 is 11.8. The number of aromatic carboxylic acids is 1. The molecule has 2 rings (SSSR count). The molecule has 5 nitrogen and oxygen atoms in total. The van der Waals surface area contributed by atoms with Crippen molar-refractivity contribution in [2.45, 2.75) is 0 Å². The monoisotopic (exact) mass is 325 g/mol. The number of hydrogen-bond acceptors (Lipinski definition) is 3.